The van der Waals surface area contributed by atoms with Crippen LogP contribution >= 0.6 is 0 Å². The van der Waals surface area contributed by atoms with Gasteiger partial charge in [0.25, 0.3) is 5.91 Å². The molecule has 0 saturated carbocycles. The summed E-state index contributed by atoms with van der Waals surface area (Å²) >= 11 is 0. The standard InChI is InChI=1S/C20H23F2N3O2/c1-12-8-25(9-13(2)27-12)20(26)18-11-24-10-14(3-6-19(24)23-18)16-7-15(21)4-5-17(16)22/h4-5,7,11-14H,3,6,8-10H2,1-2H3. The second-order valence-corrected chi connectivity index (χ2v) is 7.56. The van der Waals surface area contributed by atoms with Crippen molar-refractivity contribution in [3.05, 3.63) is 53.1 Å². The molecule has 0 radical (unpaired) electrons. The first-order chi connectivity index (χ1) is 12.9. The zero-order chi connectivity index (χ0) is 19.1. The van der Waals surface area contributed by atoms with E-state index in [9.17, 15) is 13.6 Å². The Balaban J connectivity index is 1.53. The van der Waals surface area contributed by atoms with Crippen LogP contribution in [0.3, 0.4) is 0 Å². The summed E-state index contributed by atoms with van der Waals surface area (Å²) in [5.41, 5.74) is 0.796. The van der Waals surface area contributed by atoms with E-state index >= 15 is 0 Å². The van der Waals surface area contributed by atoms with Crippen LogP contribution < -0.4 is 0 Å². The lowest BCUT2D eigenvalue weighted by atomic mass is 9.91. The van der Waals surface area contributed by atoms with Gasteiger partial charge in [-0.15, -0.1) is 0 Å². The van der Waals surface area contributed by atoms with Crippen molar-refractivity contribution in [2.75, 3.05) is 13.1 Å². The van der Waals surface area contributed by atoms with Crippen LogP contribution in [-0.4, -0.2) is 45.7 Å². The number of nitrogens with zero attached hydrogens (tertiary/aromatic N) is 3. The Morgan fingerprint density at radius 2 is 1.93 bits per heavy atom. The van der Waals surface area contributed by atoms with E-state index in [1.165, 1.54) is 12.1 Å². The summed E-state index contributed by atoms with van der Waals surface area (Å²) < 4.78 is 35.2. The Kier molecular flexibility index (Phi) is 4.72. The number of benzene rings is 1. The average Bonchev–Trinajstić information content (AvgIpc) is 3.05. The molecule has 1 aromatic carbocycles. The molecule has 0 N–H and O–H groups in total. The number of fused-ring (bicyclic) bond motifs is 1. The van der Waals surface area contributed by atoms with Crippen molar-refractivity contribution in [3.63, 3.8) is 0 Å². The van der Waals surface area contributed by atoms with Crippen molar-refractivity contribution in [1.82, 2.24) is 14.5 Å². The summed E-state index contributed by atoms with van der Waals surface area (Å²) in [7, 11) is 0. The van der Waals surface area contributed by atoms with Crippen molar-refractivity contribution < 1.29 is 18.3 Å². The molecule has 2 aliphatic rings. The topological polar surface area (TPSA) is 47.4 Å². The highest BCUT2D eigenvalue weighted by Crippen LogP contribution is 2.31. The second-order valence-electron chi connectivity index (χ2n) is 7.56. The van der Waals surface area contributed by atoms with Gasteiger partial charge < -0.3 is 14.2 Å². The molecule has 3 atom stereocenters. The maximum absolute atomic E-state index is 14.1. The first-order valence-corrected chi connectivity index (χ1v) is 9.36. The van der Waals surface area contributed by atoms with Crippen molar-refractivity contribution in [2.24, 2.45) is 0 Å². The molecule has 3 unspecified atom stereocenters. The van der Waals surface area contributed by atoms with E-state index in [1.54, 1.807) is 11.1 Å². The van der Waals surface area contributed by atoms with E-state index in [2.05, 4.69) is 4.98 Å². The number of aromatic nitrogens is 2. The molecule has 1 aromatic heterocycles. The van der Waals surface area contributed by atoms with Gasteiger partial charge in [0.15, 0.2) is 0 Å². The molecular weight excluding hydrogens is 352 g/mol. The molecule has 0 bridgehead atoms. The molecule has 0 spiro atoms. The molecule has 0 aliphatic carbocycles. The Morgan fingerprint density at radius 1 is 1.19 bits per heavy atom. The minimum absolute atomic E-state index is 0.00438. The molecule has 1 fully saturated rings. The highest BCUT2D eigenvalue weighted by molar-refractivity contribution is 5.92. The largest absolute Gasteiger partial charge is 0.372 e. The number of amides is 1. The van der Waals surface area contributed by atoms with Gasteiger partial charge >= 0.3 is 0 Å². The number of ether oxygens (including phenoxy) is 1. The van der Waals surface area contributed by atoms with E-state index in [1.807, 2.05) is 18.4 Å². The fourth-order valence-electron chi connectivity index (χ4n) is 4.13. The number of hydrogen-bond acceptors (Lipinski definition) is 3. The highest BCUT2D eigenvalue weighted by atomic mass is 19.1. The first-order valence-electron chi connectivity index (χ1n) is 9.36. The predicted octanol–water partition coefficient (Wildman–Crippen LogP) is 3.14. The quantitative estimate of drug-likeness (QED) is 0.810. The molecule has 5 nitrogen and oxygen atoms in total. The minimum atomic E-state index is -0.436. The number of carbonyl (C=O) groups excluding carboxylic acids is 1. The highest BCUT2D eigenvalue weighted by Gasteiger charge is 2.30. The van der Waals surface area contributed by atoms with Gasteiger partial charge in [0.1, 0.15) is 23.2 Å². The number of morpholine rings is 1. The van der Waals surface area contributed by atoms with Crippen molar-refractivity contribution in [2.45, 2.75) is 51.4 Å². The molecule has 1 saturated heterocycles. The van der Waals surface area contributed by atoms with Gasteiger partial charge in [0.05, 0.1) is 12.2 Å². The van der Waals surface area contributed by atoms with Gasteiger partial charge in [-0.1, -0.05) is 0 Å². The first kappa shape index (κ1) is 18.1. The molecule has 2 aliphatic heterocycles. The number of carbonyl (C=O) groups is 1. The summed E-state index contributed by atoms with van der Waals surface area (Å²) in [5, 5.41) is 0. The van der Waals surface area contributed by atoms with Gasteiger partial charge in [-0.25, -0.2) is 13.8 Å². The molecular formula is C20H23F2N3O2. The SMILES string of the molecule is CC1CN(C(=O)c2cn3c(n2)CCC(c2cc(F)ccc2F)C3)CC(C)O1. The fourth-order valence-corrected chi connectivity index (χ4v) is 4.13. The van der Waals surface area contributed by atoms with Crippen LogP contribution in [0.2, 0.25) is 0 Å². The second kappa shape index (κ2) is 7.03. The molecule has 3 heterocycles. The smallest absolute Gasteiger partial charge is 0.274 e. The number of imidazole rings is 1. The van der Waals surface area contributed by atoms with Crippen LogP contribution in [0.15, 0.2) is 24.4 Å². The van der Waals surface area contributed by atoms with Gasteiger partial charge in [-0.05, 0) is 44.0 Å². The van der Waals surface area contributed by atoms with Crippen LogP contribution in [0, 0.1) is 11.6 Å². The summed E-state index contributed by atoms with van der Waals surface area (Å²) in [4.78, 5) is 19.1. The maximum atomic E-state index is 14.1. The lowest BCUT2D eigenvalue weighted by Crippen LogP contribution is -2.48. The van der Waals surface area contributed by atoms with Gasteiger partial charge in [-0.2, -0.15) is 0 Å². The van der Waals surface area contributed by atoms with Crippen LogP contribution in [-0.2, 0) is 17.7 Å². The molecule has 4 rings (SSSR count). The Labute approximate surface area is 156 Å². The molecule has 7 heteroatoms. The lowest BCUT2D eigenvalue weighted by molar-refractivity contribution is -0.0587. The van der Waals surface area contributed by atoms with Crippen molar-refractivity contribution in [3.8, 4) is 0 Å². The average molecular weight is 375 g/mol. The Hall–Kier alpha value is -2.28. The third kappa shape index (κ3) is 3.60. The number of rotatable bonds is 2. The van der Waals surface area contributed by atoms with E-state index in [0.717, 1.165) is 11.9 Å². The van der Waals surface area contributed by atoms with E-state index in [-0.39, 0.29) is 24.0 Å². The number of aryl methyl sites for hydroxylation is 1. The van der Waals surface area contributed by atoms with Crippen LogP contribution in [0.1, 0.15) is 48.1 Å². The van der Waals surface area contributed by atoms with Crippen LogP contribution in [0.5, 0.6) is 0 Å². The zero-order valence-electron chi connectivity index (χ0n) is 15.5. The van der Waals surface area contributed by atoms with E-state index in [4.69, 9.17) is 4.74 Å². The number of hydrogen-bond donors (Lipinski definition) is 0. The zero-order valence-corrected chi connectivity index (χ0v) is 15.5. The van der Waals surface area contributed by atoms with Crippen molar-refractivity contribution >= 4 is 5.91 Å². The van der Waals surface area contributed by atoms with E-state index < -0.39 is 11.6 Å². The Morgan fingerprint density at radius 3 is 2.67 bits per heavy atom. The summed E-state index contributed by atoms with van der Waals surface area (Å²) in [6.07, 6.45) is 3.04. The Bertz CT molecular complexity index is 857. The maximum Gasteiger partial charge on any atom is 0.274 e. The fraction of sp³-hybridized carbons (Fsp3) is 0.500. The molecule has 2 aromatic rings. The minimum Gasteiger partial charge on any atom is -0.372 e. The van der Waals surface area contributed by atoms with Crippen LogP contribution in [0.4, 0.5) is 8.78 Å². The third-order valence-electron chi connectivity index (χ3n) is 5.32. The van der Waals surface area contributed by atoms with Crippen molar-refractivity contribution in [1.29, 1.82) is 0 Å². The summed E-state index contributed by atoms with van der Waals surface area (Å²) in [5.74, 6) is -0.242. The number of halogens is 2. The molecule has 27 heavy (non-hydrogen) atoms. The monoisotopic (exact) mass is 375 g/mol. The van der Waals surface area contributed by atoms with E-state index in [0.29, 0.717) is 43.7 Å². The molecule has 1 amide bonds. The third-order valence-corrected chi connectivity index (χ3v) is 5.32. The predicted molar refractivity (Wildman–Crippen MR) is 95.6 cm³/mol. The van der Waals surface area contributed by atoms with Gasteiger partial charge in [0, 0.05) is 38.2 Å². The lowest BCUT2D eigenvalue weighted by Gasteiger charge is -2.34. The van der Waals surface area contributed by atoms with Crippen LogP contribution in [0.25, 0.3) is 0 Å². The summed E-state index contributed by atoms with van der Waals surface area (Å²) in [6.45, 7) is 5.48. The van der Waals surface area contributed by atoms with Gasteiger partial charge in [0.2, 0.25) is 0 Å². The van der Waals surface area contributed by atoms with Gasteiger partial charge in [-0.3, -0.25) is 4.79 Å². The molecule has 144 valence electrons. The summed E-state index contributed by atoms with van der Waals surface area (Å²) in [6, 6.07) is 3.57. The normalized spacial score (nSPS) is 25.3.